The molecule has 2 aliphatic heterocycles. The maximum atomic E-state index is 13.0. The minimum atomic E-state index is -0.716. The number of ether oxygens (including phenoxy) is 3. The van der Waals surface area contributed by atoms with E-state index in [1.165, 1.54) is 4.90 Å². The van der Waals surface area contributed by atoms with Crippen LogP contribution in [-0.4, -0.2) is 47.7 Å². The molecule has 162 valence electrons. The first kappa shape index (κ1) is 20.9. The molecule has 2 aromatic carbocycles. The van der Waals surface area contributed by atoms with Crippen molar-refractivity contribution in [1.29, 1.82) is 0 Å². The molecule has 1 amide bonds. The highest BCUT2D eigenvalue weighted by Gasteiger charge is 2.46. The van der Waals surface area contributed by atoms with E-state index < -0.39 is 17.7 Å². The van der Waals surface area contributed by atoms with Crippen LogP contribution in [0, 0.1) is 6.92 Å². The summed E-state index contributed by atoms with van der Waals surface area (Å²) in [6.07, 6.45) is 0.00266. The molecule has 1 saturated heterocycles. The lowest BCUT2D eigenvalue weighted by molar-refractivity contribution is -0.140. The van der Waals surface area contributed by atoms with Crippen molar-refractivity contribution < 1.29 is 28.9 Å². The van der Waals surface area contributed by atoms with Gasteiger partial charge in [-0.1, -0.05) is 29.8 Å². The number of carbonyl (C=O) groups excluding carboxylic acids is 2. The number of rotatable bonds is 6. The minimum absolute atomic E-state index is 0.00266. The standard InChI is InChI=1S/C24H25NO6/c1-14(2)29-10-9-25-21(16-6-4-5-15(3)11-16)20(23(27)24(25)28)22(26)17-7-8-18-19(12-17)31-13-30-18/h4-8,11-12,14,21,26H,9-10,13H2,1-3H3/b22-20-. The number of amides is 1. The summed E-state index contributed by atoms with van der Waals surface area (Å²) in [5.74, 6) is -0.559. The molecule has 1 N–H and O–H groups in total. The van der Waals surface area contributed by atoms with Crippen LogP contribution in [0.15, 0.2) is 48.0 Å². The van der Waals surface area contributed by atoms with Crippen LogP contribution in [-0.2, 0) is 14.3 Å². The smallest absolute Gasteiger partial charge is 0.295 e. The summed E-state index contributed by atoms with van der Waals surface area (Å²) in [5, 5.41) is 11.1. The fraction of sp³-hybridized carbons (Fsp3) is 0.333. The number of aryl methyl sites for hydroxylation is 1. The summed E-state index contributed by atoms with van der Waals surface area (Å²) in [6, 6.07) is 11.8. The Bertz CT molecular complexity index is 1060. The first-order valence-electron chi connectivity index (χ1n) is 10.2. The molecule has 0 aromatic heterocycles. The van der Waals surface area contributed by atoms with Crippen LogP contribution in [0.1, 0.15) is 36.6 Å². The van der Waals surface area contributed by atoms with E-state index in [2.05, 4.69) is 0 Å². The van der Waals surface area contributed by atoms with Crippen molar-refractivity contribution >= 4 is 17.4 Å². The van der Waals surface area contributed by atoms with Crippen molar-refractivity contribution in [3.05, 3.63) is 64.7 Å². The van der Waals surface area contributed by atoms with E-state index in [1.807, 2.05) is 45.0 Å². The van der Waals surface area contributed by atoms with Gasteiger partial charge in [0, 0.05) is 12.1 Å². The summed E-state index contributed by atoms with van der Waals surface area (Å²) in [7, 11) is 0. The number of hydrogen-bond acceptors (Lipinski definition) is 6. The van der Waals surface area contributed by atoms with E-state index in [9.17, 15) is 14.7 Å². The van der Waals surface area contributed by atoms with Crippen LogP contribution in [0.2, 0.25) is 0 Å². The van der Waals surface area contributed by atoms with Gasteiger partial charge in [-0.15, -0.1) is 0 Å². The molecule has 31 heavy (non-hydrogen) atoms. The van der Waals surface area contributed by atoms with Gasteiger partial charge in [0.1, 0.15) is 5.76 Å². The highest BCUT2D eigenvalue weighted by Crippen LogP contribution is 2.41. The quantitative estimate of drug-likeness (QED) is 0.434. The second-order valence-corrected chi connectivity index (χ2v) is 7.89. The van der Waals surface area contributed by atoms with Crippen molar-refractivity contribution in [2.75, 3.05) is 19.9 Å². The first-order valence-corrected chi connectivity index (χ1v) is 10.2. The molecule has 0 spiro atoms. The Morgan fingerprint density at radius 2 is 1.94 bits per heavy atom. The van der Waals surface area contributed by atoms with Gasteiger partial charge >= 0.3 is 0 Å². The molecule has 1 atom stereocenters. The van der Waals surface area contributed by atoms with Gasteiger partial charge in [-0.05, 0) is 44.5 Å². The van der Waals surface area contributed by atoms with Crippen molar-refractivity contribution in [3.8, 4) is 11.5 Å². The number of fused-ring (bicyclic) bond motifs is 1. The lowest BCUT2D eigenvalue weighted by atomic mass is 9.94. The zero-order valence-corrected chi connectivity index (χ0v) is 17.8. The molecule has 7 heteroatoms. The van der Waals surface area contributed by atoms with Crippen LogP contribution in [0.5, 0.6) is 11.5 Å². The van der Waals surface area contributed by atoms with Crippen LogP contribution in [0.25, 0.3) is 5.76 Å². The van der Waals surface area contributed by atoms with Crippen molar-refractivity contribution in [3.63, 3.8) is 0 Å². The van der Waals surface area contributed by atoms with Gasteiger partial charge in [-0.2, -0.15) is 0 Å². The fourth-order valence-electron chi connectivity index (χ4n) is 3.88. The first-order chi connectivity index (χ1) is 14.9. The molecule has 2 aliphatic rings. The molecule has 1 unspecified atom stereocenters. The van der Waals surface area contributed by atoms with Crippen molar-refractivity contribution in [1.82, 2.24) is 4.90 Å². The van der Waals surface area contributed by atoms with Gasteiger partial charge in [0.25, 0.3) is 11.7 Å². The van der Waals surface area contributed by atoms with Crippen LogP contribution >= 0.6 is 0 Å². The summed E-state index contributed by atoms with van der Waals surface area (Å²) in [5.41, 5.74) is 2.19. The second-order valence-electron chi connectivity index (χ2n) is 7.89. The number of Topliss-reactive ketones (excluding diaryl/α,β-unsaturated/α-hetero) is 1. The lowest BCUT2D eigenvalue weighted by Crippen LogP contribution is -2.33. The number of hydrogen-bond donors (Lipinski definition) is 1. The van der Waals surface area contributed by atoms with E-state index in [0.717, 1.165) is 11.1 Å². The Hall–Kier alpha value is -3.32. The SMILES string of the molecule is Cc1cccc(C2/C(=C(/O)c3ccc4c(c3)OCO4)C(=O)C(=O)N2CCOC(C)C)c1. The third kappa shape index (κ3) is 4.01. The predicted octanol–water partition coefficient (Wildman–Crippen LogP) is 3.57. The maximum Gasteiger partial charge on any atom is 0.295 e. The summed E-state index contributed by atoms with van der Waals surface area (Å²) >= 11 is 0. The molecular weight excluding hydrogens is 398 g/mol. The van der Waals surface area contributed by atoms with E-state index in [-0.39, 0.29) is 37.4 Å². The lowest BCUT2D eigenvalue weighted by Gasteiger charge is -2.26. The van der Waals surface area contributed by atoms with Gasteiger partial charge in [-0.3, -0.25) is 9.59 Å². The van der Waals surface area contributed by atoms with Crippen molar-refractivity contribution in [2.45, 2.75) is 32.9 Å². The Kier molecular flexibility index (Phi) is 5.69. The van der Waals surface area contributed by atoms with Gasteiger partial charge in [0.15, 0.2) is 11.5 Å². The number of carbonyl (C=O) groups is 2. The van der Waals surface area contributed by atoms with E-state index in [1.54, 1.807) is 18.2 Å². The van der Waals surface area contributed by atoms with Crippen molar-refractivity contribution in [2.24, 2.45) is 0 Å². The van der Waals surface area contributed by atoms with Gasteiger partial charge < -0.3 is 24.2 Å². The van der Waals surface area contributed by atoms with E-state index >= 15 is 0 Å². The number of nitrogens with zero attached hydrogens (tertiary/aromatic N) is 1. The molecular formula is C24H25NO6. The van der Waals surface area contributed by atoms with Gasteiger partial charge in [-0.25, -0.2) is 0 Å². The molecule has 2 aromatic rings. The Morgan fingerprint density at radius 1 is 1.16 bits per heavy atom. The third-order valence-corrected chi connectivity index (χ3v) is 5.33. The van der Waals surface area contributed by atoms with Gasteiger partial charge in [0.2, 0.25) is 6.79 Å². The molecule has 0 bridgehead atoms. The minimum Gasteiger partial charge on any atom is -0.507 e. The molecule has 4 rings (SSSR count). The number of likely N-dealkylation sites (tertiary alicyclic amines) is 1. The average Bonchev–Trinajstić information content (AvgIpc) is 3.30. The molecule has 1 fully saturated rings. The third-order valence-electron chi connectivity index (χ3n) is 5.33. The number of benzene rings is 2. The van der Waals surface area contributed by atoms with Crippen LogP contribution in [0.4, 0.5) is 0 Å². The van der Waals surface area contributed by atoms with E-state index in [0.29, 0.717) is 17.1 Å². The maximum absolute atomic E-state index is 13.0. The summed E-state index contributed by atoms with van der Waals surface area (Å²) in [6.45, 7) is 6.38. The van der Waals surface area contributed by atoms with Crippen LogP contribution in [0.3, 0.4) is 0 Å². The highest BCUT2D eigenvalue weighted by molar-refractivity contribution is 6.46. The average molecular weight is 423 g/mol. The summed E-state index contributed by atoms with van der Waals surface area (Å²) in [4.78, 5) is 27.4. The number of aliphatic hydroxyl groups is 1. The topological polar surface area (TPSA) is 85.3 Å². The van der Waals surface area contributed by atoms with Gasteiger partial charge in [0.05, 0.1) is 24.3 Å². The zero-order chi connectivity index (χ0) is 22.1. The molecule has 0 aliphatic carbocycles. The normalized spacial score (nSPS) is 19.5. The molecule has 2 heterocycles. The summed E-state index contributed by atoms with van der Waals surface area (Å²) < 4.78 is 16.3. The van der Waals surface area contributed by atoms with E-state index in [4.69, 9.17) is 14.2 Å². The number of ketones is 1. The van der Waals surface area contributed by atoms with Crippen LogP contribution < -0.4 is 9.47 Å². The Labute approximate surface area is 180 Å². The molecule has 0 radical (unpaired) electrons. The highest BCUT2D eigenvalue weighted by atomic mass is 16.7. The number of aliphatic hydroxyl groups excluding tert-OH is 1. The zero-order valence-electron chi connectivity index (χ0n) is 17.8. The molecule has 7 nitrogen and oxygen atoms in total. The molecule has 0 saturated carbocycles. The fourth-order valence-corrected chi connectivity index (χ4v) is 3.88. The Morgan fingerprint density at radius 3 is 2.68 bits per heavy atom. The predicted molar refractivity (Wildman–Crippen MR) is 114 cm³/mol. The second kappa shape index (κ2) is 8.43. The Balaban J connectivity index is 1.79. The largest absolute Gasteiger partial charge is 0.507 e. The monoisotopic (exact) mass is 423 g/mol.